The van der Waals surface area contributed by atoms with Crippen LogP contribution in [0.15, 0.2) is 53.9 Å². The number of thiazole rings is 1. The lowest BCUT2D eigenvalue weighted by Crippen LogP contribution is -2.25. The Morgan fingerprint density at radius 3 is 2.47 bits per heavy atom. The van der Waals surface area contributed by atoms with Crippen LogP contribution in [0.1, 0.15) is 85.8 Å². The van der Waals surface area contributed by atoms with Gasteiger partial charge in [0.1, 0.15) is 5.69 Å². The zero-order valence-corrected chi connectivity index (χ0v) is 22.2. The zero-order valence-electron chi connectivity index (χ0n) is 21.4. The number of carbonyl (C=O) groups excluding carboxylic acids is 2. The smallest absolute Gasteiger partial charge is 0.275 e. The highest BCUT2D eigenvalue weighted by Gasteiger charge is 2.25. The topological polar surface area (TPSA) is 71.1 Å². The Bertz CT molecular complexity index is 1150. The van der Waals surface area contributed by atoms with Gasteiger partial charge in [0.2, 0.25) is 5.91 Å². The molecule has 1 aliphatic rings. The third-order valence-electron chi connectivity index (χ3n) is 7.15. The lowest BCUT2D eigenvalue weighted by Gasteiger charge is -2.27. The number of rotatable bonds is 10. The molecule has 0 bridgehead atoms. The number of nitrogens with zero attached hydrogens (tertiary/aromatic N) is 1. The number of hydrogen-bond donors (Lipinski definition) is 2. The summed E-state index contributed by atoms with van der Waals surface area (Å²) in [6.07, 6.45) is 7.97. The molecule has 0 unspecified atom stereocenters. The van der Waals surface area contributed by atoms with Crippen LogP contribution >= 0.6 is 11.3 Å². The van der Waals surface area contributed by atoms with Crippen LogP contribution in [0, 0.1) is 5.92 Å². The number of amides is 2. The number of aryl methyl sites for hydroxylation is 1. The molecule has 1 heterocycles. The van der Waals surface area contributed by atoms with Crippen molar-refractivity contribution in [3.63, 3.8) is 0 Å². The number of aromatic nitrogens is 1. The van der Waals surface area contributed by atoms with Crippen LogP contribution in [-0.2, 0) is 11.2 Å². The maximum Gasteiger partial charge on any atom is 0.275 e. The monoisotopic (exact) mass is 503 g/mol. The van der Waals surface area contributed by atoms with Crippen molar-refractivity contribution in [3.05, 3.63) is 70.2 Å². The van der Waals surface area contributed by atoms with Crippen molar-refractivity contribution in [3.8, 4) is 11.1 Å². The van der Waals surface area contributed by atoms with Gasteiger partial charge in [0, 0.05) is 35.5 Å². The molecular formula is C30H37N3O2S. The summed E-state index contributed by atoms with van der Waals surface area (Å²) in [7, 11) is 0. The molecule has 0 saturated heterocycles. The molecule has 6 heteroatoms. The first-order valence-corrected chi connectivity index (χ1v) is 14.2. The van der Waals surface area contributed by atoms with E-state index in [1.807, 2.05) is 29.6 Å². The summed E-state index contributed by atoms with van der Waals surface area (Å²) in [6, 6.07) is 16.4. The SMILES string of the molecule is CCCNC(=O)CCC1CCC(c2nc(C(=O)Nc3ccccc3-c3ccc(CC)cc3)cs2)CC1. The molecule has 2 N–H and O–H groups in total. The number of hydrogen-bond acceptors (Lipinski definition) is 4. The number of anilines is 1. The molecule has 1 aliphatic carbocycles. The van der Waals surface area contributed by atoms with E-state index >= 15 is 0 Å². The Morgan fingerprint density at radius 1 is 1.00 bits per heavy atom. The molecule has 2 aromatic carbocycles. The summed E-state index contributed by atoms with van der Waals surface area (Å²) < 4.78 is 0. The van der Waals surface area contributed by atoms with Gasteiger partial charge in [0.05, 0.1) is 5.01 Å². The number of benzene rings is 2. The molecule has 3 aromatic rings. The Labute approximate surface area is 218 Å². The van der Waals surface area contributed by atoms with E-state index in [9.17, 15) is 9.59 Å². The van der Waals surface area contributed by atoms with Crippen LogP contribution in [0.4, 0.5) is 5.69 Å². The van der Waals surface area contributed by atoms with Crippen LogP contribution in [0.2, 0.25) is 0 Å². The van der Waals surface area contributed by atoms with Crippen molar-refractivity contribution in [2.24, 2.45) is 5.92 Å². The zero-order chi connectivity index (χ0) is 25.3. The first-order chi connectivity index (χ1) is 17.6. The predicted octanol–water partition coefficient (Wildman–Crippen LogP) is 7.21. The van der Waals surface area contributed by atoms with Gasteiger partial charge >= 0.3 is 0 Å². The Kier molecular flexibility index (Phi) is 9.29. The lowest BCUT2D eigenvalue weighted by molar-refractivity contribution is -0.121. The van der Waals surface area contributed by atoms with Crippen molar-refractivity contribution in [2.45, 2.75) is 71.1 Å². The van der Waals surface area contributed by atoms with Gasteiger partial charge < -0.3 is 10.6 Å². The first kappa shape index (κ1) is 26.1. The van der Waals surface area contributed by atoms with E-state index in [0.717, 1.165) is 73.3 Å². The van der Waals surface area contributed by atoms with E-state index in [2.05, 4.69) is 48.7 Å². The van der Waals surface area contributed by atoms with Gasteiger partial charge in [-0.1, -0.05) is 56.3 Å². The highest BCUT2D eigenvalue weighted by Crippen LogP contribution is 2.38. The lowest BCUT2D eigenvalue weighted by atomic mass is 9.80. The Hall–Kier alpha value is -2.99. The highest BCUT2D eigenvalue weighted by atomic mass is 32.1. The van der Waals surface area contributed by atoms with Gasteiger partial charge in [-0.2, -0.15) is 0 Å². The third kappa shape index (κ3) is 6.82. The average molecular weight is 504 g/mol. The number of carbonyl (C=O) groups is 2. The van der Waals surface area contributed by atoms with Crippen molar-refractivity contribution in [1.29, 1.82) is 0 Å². The van der Waals surface area contributed by atoms with E-state index in [-0.39, 0.29) is 11.8 Å². The minimum absolute atomic E-state index is 0.165. The standard InChI is InChI=1S/C30H37N3O2S/c1-3-19-31-28(34)18-13-22-11-16-24(17-12-22)30-33-27(20-36-30)29(35)32-26-8-6-5-7-25(26)23-14-9-21(4-2)10-15-23/h5-10,14-15,20,22,24H,3-4,11-13,16-19H2,1-2H3,(H,31,34)(H,32,35). The largest absolute Gasteiger partial charge is 0.356 e. The van der Waals surface area contributed by atoms with E-state index in [1.54, 1.807) is 11.3 Å². The second kappa shape index (κ2) is 12.8. The fourth-order valence-electron chi connectivity index (χ4n) is 4.92. The summed E-state index contributed by atoms with van der Waals surface area (Å²) >= 11 is 1.59. The van der Waals surface area contributed by atoms with Crippen molar-refractivity contribution >= 4 is 28.8 Å². The fourth-order valence-corrected chi connectivity index (χ4v) is 5.89. The molecule has 0 atom stereocenters. The summed E-state index contributed by atoms with van der Waals surface area (Å²) in [4.78, 5) is 29.7. The van der Waals surface area contributed by atoms with E-state index in [1.165, 1.54) is 5.56 Å². The van der Waals surface area contributed by atoms with Gasteiger partial charge in [0.25, 0.3) is 5.91 Å². The molecular weight excluding hydrogens is 466 g/mol. The number of para-hydroxylation sites is 1. The molecule has 2 amide bonds. The van der Waals surface area contributed by atoms with Crippen LogP contribution in [0.25, 0.3) is 11.1 Å². The van der Waals surface area contributed by atoms with E-state index < -0.39 is 0 Å². The second-order valence-electron chi connectivity index (χ2n) is 9.73. The molecule has 0 radical (unpaired) electrons. The molecule has 1 fully saturated rings. The summed E-state index contributed by atoms with van der Waals surface area (Å²) in [5.74, 6) is 1.03. The van der Waals surface area contributed by atoms with Crippen LogP contribution < -0.4 is 10.6 Å². The van der Waals surface area contributed by atoms with Gasteiger partial charge in [-0.25, -0.2) is 4.98 Å². The molecule has 0 spiro atoms. The summed E-state index contributed by atoms with van der Waals surface area (Å²) in [6.45, 7) is 4.98. The van der Waals surface area contributed by atoms with Gasteiger partial charge in [-0.15, -0.1) is 11.3 Å². The van der Waals surface area contributed by atoms with Crippen molar-refractivity contribution in [2.75, 3.05) is 11.9 Å². The van der Waals surface area contributed by atoms with Gasteiger partial charge in [-0.3, -0.25) is 9.59 Å². The molecule has 36 heavy (non-hydrogen) atoms. The Balaban J connectivity index is 1.33. The summed E-state index contributed by atoms with van der Waals surface area (Å²) in [5, 5.41) is 9.00. The maximum absolute atomic E-state index is 13.1. The minimum atomic E-state index is -0.165. The first-order valence-electron chi connectivity index (χ1n) is 13.3. The number of nitrogens with one attached hydrogen (secondary N) is 2. The minimum Gasteiger partial charge on any atom is -0.356 e. The average Bonchev–Trinajstić information content (AvgIpc) is 3.42. The van der Waals surface area contributed by atoms with Crippen LogP contribution in [0.3, 0.4) is 0 Å². The second-order valence-corrected chi connectivity index (χ2v) is 10.6. The summed E-state index contributed by atoms with van der Waals surface area (Å²) in [5.41, 5.74) is 4.67. The van der Waals surface area contributed by atoms with Crippen molar-refractivity contribution in [1.82, 2.24) is 10.3 Å². The van der Waals surface area contributed by atoms with Crippen LogP contribution in [-0.4, -0.2) is 23.3 Å². The van der Waals surface area contributed by atoms with Crippen molar-refractivity contribution < 1.29 is 9.59 Å². The third-order valence-corrected chi connectivity index (χ3v) is 8.16. The van der Waals surface area contributed by atoms with E-state index in [0.29, 0.717) is 24.0 Å². The molecule has 5 nitrogen and oxygen atoms in total. The highest BCUT2D eigenvalue weighted by molar-refractivity contribution is 7.10. The molecule has 1 saturated carbocycles. The van der Waals surface area contributed by atoms with E-state index in [4.69, 9.17) is 4.98 Å². The van der Waals surface area contributed by atoms with Gasteiger partial charge in [0.15, 0.2) is 0 Å². The molecule has 190 valence electrons. The molecule has 4 rings (SSSR count). The fraction of sp³-hybridized carbons (Fsp3) is 0.433. The van der Waals surface area contributed by atoms with Crippen LogP contribution in [0.5, 0.6) is 0 Å². The maximum atomic E-state index is 13.1. The predicted molar refractivity (Wildman–Crippen MR) is 149 cm³/mol. The molecule has 1 aromatic heterocycles. The normalized spacial score (nSPS) is 17.5. The molecule has 0 aliphatic heterocycles. The quantitative estimate of drug-likeness (QED) is 0.307. The van der Waals surface area contributed by atoms with Gasteiger partial charge in [-0.05, 0) is 68.1 Å². The Morgan fingerprint density at radius 2 is 1.75 bits per heavy atom.